The summed E-state index contributed by atoms with van der Waals surface area (Å²) in [7, 11) is -1.92. The summed E-state index contributed by atoms with van der Waals surface area (Å²) in [5, 5.41) is 4.05. The number of aromatic amines is 1. The van der Waals surface area contributed by atoms with Gasteiger partial charge in [0.15, 0.2) is 0 Å². The van der Waals surface area contributed by atoms with E-state index in [4.69, 9.17) is 0 Å². The van der Waals surface area contributed by atoms with Gasteiger partial charge in [0.25, 0.3) is 10.0 Å². The highest BCUT2D eigenvalue weighted by molar-refractivity contribution is 7.90. The number of H-pyrrole nitrogens is 1. The third-order valence-electron chi connectivity index (χ3n) is 4.29. The average molecular weight is 366 g/mol. The van der Waals surface area contributed by atoms with Crippen LogP contribution in [0.15, 0.2) is 72.1 Å². The first-order valence-electron chi connectivity index (χ1n) is 8.19. The molecule has 0 bridgehead atoms. The Morgan fingerprint density at radius 1 is 1.19 bits per heavy atom. The largest absolute Gasteiger partial charge is 0.361 e. The lowest BCUT2D eigenvalue weighted by Crippen LogP contribution is -2.13. The summed E-state index contributed by atoms with van der Waals surface area (Å²) < 4.78 is 27.8. The molecule has 0 aliphatic heterocycles. The maximum Gasteiger partial charge on any atom is 0.269 e. The highest BCUT2D eigenvalue weighted by Crippen LogP contribution is 2.32. The van der Waals surface area contributed by atoms with Crippen LogP contribution in [0.25, 0.3) is 22.2 Å². The molecule has 7 heteroatoms. The van der Waals surface area contributed by atoms with Crippen LogP contribution in [-0.4, -0.2) is 29.4 Å². The molecule has 0 unspecified atom stereocenters. The van der Waals surface area contributed by atoms with Crippen molar-refractivity contribution in [2.75, 3.05) is 7.05 Å². The molecule has 3 heterocycles. The van der Waals surface area contributed by atoms with Crippen molar-refractivity contribution < 1.29 is 8.42 Å². The van der Waals surface area contributed by atoms with Gasteiger partial charge in [0.2, 0.25) is 0 Å². The molecule has 4 rings (SSSR count). The summed E-state index contributed by atoms with van der Waals surface area (Å²) in [6.45, 7) is 0.575. The van der Waals surface area contributed by atoms with Gasteiger partial charge in [-0.1, -0.05) is 12.1 Å². The molecule has 6 nitrogen and oxygen atoms in total. The minimum Gasteiger partial charge on any atom is -0.361 e. The molecule has 26 heavy (non-hydrogen) atoms. The second-order valence-corrected chi connectivity index (χ2v) is 7.81. The summed E-state index contributed by atoms with van der Waals surface area (Å²) in [5.74, 6) is 0. The van der Waals surface area contributed by atoms with Gasteiger partial charge < -0.3 is 10.3 Å². The van der Waals surface area contributed by atoms with Crippen molar-refractivity contribution in [1.29, 1.82) is 0 Å². The van der Waals surface area contributed by atoms with Gasteiger partial charge in [0, 0.05) is 47.8 Å². The smallest absolute Gasteiger partial charge is 0.269 e. The summed E-state index contributed by atoms with van der Waals surface area (Å²) in [6.07, 6.45) is 6.45. The highest BCUT2D eigenvalue weighted by atomic mass is 32.2. The number of aromatic nitrogens is 3. The van der Waals surface area contributed by atoms with Crippen molar-refractivity contribution in [3.05, 3.63) is 72.8 Å². The number of pyridine rings is 1. The van der Waals surface area contributed by atoms with Crippen LogP contribution in [0.4, 0.5) is 0 Å². The van der Waals surface area contributed by atoms with E-state index >= 15 is 0 Å². The molecule has 0 amide bonds. The van der Waals surface area contributed by atoms with Gasteiger partial charge in [0.1, 0.15) is 4.90 Å². The van der Waals surface area contributed by atoms with Gasteiger partial charge in [0.05, 0.1) is 5.69 Å². The Hall–Kier alpha value is -2.90. The van der Waals surface area contributed by atoms with Crippen LogP contribution in [0.1, 0.15) is 5.56 Å². The number of rotatable bonds is 5. The van der Waals surface area contributed by atoms with Gasteiger partial charge in [-0.25, -0.2) is 12.4 Å². The van der Waals surface area contributed by atoms with Crippen LogP contribution in [0.2, 0.25) is 0 Å². The van der Waals surface area contributed by atoms with Crippen LogP contribution in [0, 0.1) is 0 Å². The van der Waals surface area contributed by atoms with Crippen molar-refractivity contribution >= 4 is 20.9 Å². The highest BCUT2D eigenvalue weighted by Gasteiger charge is 2.22. The Bertz CT molecular complexity index is 1160. The van der Waals surface area contributed by atoms with Crippen LogP contribution in [0.5, 0.6) is 0 Å². The monoisotopic (exact) mass is 366 g/mol. The Kier molecular flexibility index (Phi) is 4.10. The van der Waals surface area contributed by atoms with E-state index in [0.717, 1.165) is 22.0 Å². The van der Waals surface area contributed by atoms with Crippen molar-refractivity contribution in [2.24, 2.45) is 0 Å². The Balaban J connectivity index is 1.97. The second-order valence-electron chi connectivity index (χ2n) is 6.00. The molecule has 0 radical (unpaired) electrons. The fourth-order valence-corrected chi connectivity index (χ4v) is 4.47. The normalized spacial score (nSPS) is 11.9. The predicted octanol–water partition coefficient (Wildman–Crippen LogP) is 2.99. The predicted molar refractivity (Wildman–Crippen MR) is 101 cm³/mol. The molecule has 0 spiro atoms. The molecular weight excluding hydrogens is 348 g/mol. The number of benzene rings is 1. The minimum absolute atomic E-state index is 0.161. The third kappa shape index (κ3) is 2.71. The molecular formula is C19H18N4O2S. The molecule has 1 aromatic carbocycles. The topological polar surface area (TPSA) is 79.8 Å². The summed E-state index contributed by atoms with van der Waals surface area (Å²) >= 11 is 0. The molecule has 132 valence electrons. The molecule has 0 fully saturated rings. The standard InChI is InChI=1S/C19H18N4O2S/c1-20-11-14-10-19(17-5-2-6-18-16(17)7-9-22-18)23(13-14)26(24,25)15-4-3-8-21-12-15/h2-10,12-13,20,22H,11H2,1H3. The quantitative estimate of drug-likeness (QED) is 0.569. The van der Waals surface area contributed by atoms with Gasteiger partial charge in [-0.05, 0) is 42.9 Å². The molecule has 0 saturated carbocycles. The van der Waals surface area contributed by atoms with E-state index in [-0.39, 0.29) is 4.90 Å². The maximum absolute atomic E-state index is 13.2. The van der Waals surface area contributed by atoms with Crippen LogP contribution < -0.4 is 5.32 Å². The molecule has 0 aliphatic carbocycles. The number of nitrogens with one attached hydrogen (secondary N) is 2. The van der Waals surface area contributed by atoms with Crippen molar-refractivity contribution in [1.82, 2.24) is 19.3 Å². The van der Waals surface area contributed by atoms with E-state index in [1.165, 1.54) is 10.2 Å². The van der Waals surface area contributed by atoms with Gasteiger partial charge in [-0.2, -0.15) is 0 Å². The summed E-state index contributed by atoms with van der Waals surface area (Å²) in [5.41, 5.74) is 3.34. The van der Waals surface area contributed by atoms with Crippen LogP contribution in [0.3, 0.4) is 0 Å². The number of hydrogen-bond donors (Lipinski definition) is 2. The molecule has 4 aromatic rings. The Morgan fingerprint density at radius 3 is 2.85 bits per heavy atom. The molecule has 3 aromatic heterocycles. The first kappa shape index (κ1) is 16.6. The van der Waals surface area contributed by atoms with E-state index in [1.807, 2.05) is 43.6 Å². The Morgan fingerprint density at radius 2 is 2.08 bits per heavy atom. The van der Waals surface area contributed by atoms with E-state index in [2.05, 4.69) is 15.3 Å². The van der Waals surface area contributed by atoms with E-state index < -0.39 is 10.0 Å². The fourth-order valence-electron chi connectivity index (χ4n) is 3.11. The van der Waals surface area contributed by atoms with Crippen molar-refractivity contribution in [3.8, 4) is 11.3 Å². The molecule has 0 atom stereocenters. The van der Waals surface area contributed by atoms with Crippen molar-refractivity contribution in [2.45, 2.75) is 11.4 Å². The number of fused-ring (bicyclic) bond motifs is 1. The summed E-state index contributed by atoms with van der Waals surface area (Å²) in [6, 6.07) is 12.9. The fraction of sp³-hybridized carbons (Fsp3) is 0.105. The lowest BCUT2D eigenvalue weighted by atomic mass is 10.1. The SMILES string of the molecule is CNCc1cc(-c2cccc3[nH]ccc23)n(S(=O)(=O)c2cccnc2)c1. The zero-order valence-corrected chi connectivity index (χ0v) is 15.0. The second kappa shape index (κ2) is 6.44. The van der Waals surface area contributed by atoms with Crippen LogP contribution in [-0.2, 0) is 16.6 Å². The lowest BCUT2D eigenvalue weighted by molar-refractivity contribution is 0.587. The summed E-state index contributed by atoms with van der Waals surface area (Å²) in [4.78, 5) is 7.29. The lowest BCUT2D eigenvalue weighted by Gasteiger charge is -2.11. The number of nitrogens with zero attached hydrogens (tertiary/aromatic N) is 2. The first-order valence-corrected chi connectivity index (χ1v) is 9.63. The van der Waals surface area contributed by atoms with Gasteiger partial charge in [-0.3, -0.25) is 4.98 Å². The zero-order valence-electron chi connectivity index (χ0n) is 14.2. The van der Waals surface area contributed by atoms with E-state index in [1.54, 1.807) is 24.5 Å². The zero-order chi connectivity index (χ0) is 18.1. The average Bonchev–Trinajstić information content (AvgIpc) is 3.29. The van der Waals surface area contributed by atoms with E-state index in [0.29, 0.717) is 12.2 Å². The maximum atomic E-state index is 13.2. The molecule has 0 aliphatic rings. The minimum atomic E-state index is -3.75. The Labute approximate surface area is 151 Å². The van der Waals surface area contributed by atoms with E-state index in [9.17, 15) is 8.42 Å². The first-order chi connectivity index (χ1) is 12.6. The molecule has 0 saturated heterocycles. The third-order valence-corrected chi connectivity index (χ3v) is 5.94. The number of hydrogen-bond acceptors (Lipinski definition) is 4. The molecule has 2 N–H and O–H groups in total. The van der Waals surface area contributed by atoms with Gasteiger partial charge >= 0.3 is 0 Å². The van der Waals surface area contributed by atoms with Crippen LogP contribution >= 0.6 is 0 Å². The van der Waals surface area contributed by atoms with Crippen molar-refractivity contribution in [3.63, 3.8) is 0 Å². The van der Waals surface area contributed by atoms with Gasteiger partial charge in [-0.15, -0.1) is 0 Å².